The Balaban J connectivity index is 0.00000128. The summed E-state index contributed by atoms with van der Waals surface area (Å²) >= 11 is 0. The molecule has 2 radical (unpaired) electrons. The predicted molar refractivity (Wildman–Crippen MR) is 108 cm³/mol. The molecule has 33 heavy (non-hydrogen) atoms. The van der Waals surface area contributed by atoms with Gasteiger partial charge in [-0.1, -0.05) is 37.0 Å². The Labute approximate surface area is 213 Å². The third-order valence-corrected chi connectivity index (χ3v) is 7.02. The summed E-state index contributed by atoms with van der Waals surface area (Å²) in [6, 6.07) is 8.98. The second kappa shape index (κ2) is 10.7. The minimum Gasteiger partial charge on any atom is -0.516 e. The first kappa shape index (κ1) is 26.8. The molecule has 2 aliphatic heterocycles. The molecule has 11 heteroatoms. The molecule has 8 nitrogen and oxygen atoms in total. The number of hydrogen-bond acceptors (Lipinski definition) is 6. The second-order valence-electron chi connectivity index (χ2n) is 8.55. The van der Waals surface area contributed by atoms with Crippen molar-refractivity contribution in [1.29, 1.82) is 0 Å². The van der Waals surface area contributed by atoms with E-state index in [1.165, 1.54) is 22.2 Å². The zero-order valence-electron chi connectivity index (χ0n) is 18.3. The maximum atomic E-state index is 11.8. The first-order chi connectivity index (χ1) is 14.5. The molecular formula is C22H25N3O5ReRfRh-2. The van der Waals surface area contributed by atoms with E-state index in [0.29, 0.717) is 24.5 Å². The van der Waals surface area contributed by atoms with Crippen LogP contribution in [0.1, 0.15) is 36.6 Å². The van der Waals surface area contributed by atoms with Crippen LogP contribution in [0.5, 0.6) is 0 Å². The summed E-state index contributed by atoms with van der Waals surface area (Å²) in [6.45, 7) is 2.66. The van der Waals surface area contributed by atoms with Crippen LogP contribution in [0.2, 0.25) is 0 Å². The number of piperidine rings is 1. The van der Waals surface area contributed by atoms with E-state index in [4.69, 9.17) is 4.74 Å². The van der Waals surface area contributed by atoms with Gasteiger partial charge in [0.25, 0.3) is 5.09 Å². The van der Waals surface area contributed by atoms with E-state index in [9.17, 15) is 14.9 Å². The standard InChI is InChI=1S/C22H25N3O5.Re.Rf.Rh/c1-23-19-5-3-2-4-17(19)18-8-9-24-12-14-6-7-16(30-21(26)13-29-25(27)28)10-15(14)11-20(24)22(18)23;;;/h2-5,10,13-16,20H,6-9,11-12H2,1H3;;;/q-2;;;/t14?,15?,16-,20?;;;/m0.../s1. The molecule has 0 amide bonds. The topological polar surface area (TPSA) is 86.8 Å². The second-order valence-corrected chi connectivity index (χ2v) is 8.55. The zero-order chi connectivity index (χ0) is 20.8. The van der Waals surface area contributed by atoms with Crippen molar-refractivity contribution in [2.45, 2.75) is 37.8 Å². The predicted octanol–water partition coefficient (Wildman–Crippen LogP) is 2.99. The van der Waals surface area contributed by atoms with E-state index >= 15 is 0 Å². The van der Waals surface area contributed by atoms with Gasteiger partial charge in [0.15, 0.2) is 5.97 Å². The monoisotopic (exact) mass is 968 g/mol. The molecule has 0 spiro atoms. The Morgan fingerprint density at radius 1 is 1.30 bits per heavy atom. The number of aromatic nitrogens is 1. The third kappa shape index (κ3) is 4.91. The van der Waals surface area contributed by atoms with Crippen LogP contribution < -0.4 is 0 Å². The number of fused-ring (bicyclic) bond motifs is 6. The summed E-state index contributed by atoms with van der Waals surface area (Å²) in [7, 11) is 2.16. The van der Waals surface area contributed by atoms with E-state index in [1.54, 1.807) is 0 Å². The Hall–Kier alpha value is -2.45. The molecular weight excluding hydrogens is 942 g/mol. The van der Waals surface area contributed by atoms with Crippen molar-refractivity contribution in [3.05, 3.63) is 58.7 Å². The van der Waals surface area contributed by atoms with Crippen LogP contribution in [-0.4, -0.2) is 39.7 Å². The van der Waals surface area contributed by atoms with Gasteiger partial charge in [0, 0.05) is 76.1 Å². The summed E-state index contributed by atoms with van der Waals surface area (Å²) in [4.78, 5) is 28.6. The summed E-state index contributed by atoms with van der Waals surface area (Å²) in [6.07, 6.45) is 5.64. The average Bonchev–Trinajstić information content (AvgIpc) is 3.04. The van der Waals surface area contributed by atoms with Gasteiger partial charge in [-0.2, -0.15) is 5.92 Å². The molecule has 1 aliphatic carbocycles. The van der Waals surface area contributed by atoms with Gasteiger partial charge in [0.1, 0.15) is 0 Å². The SMILES string of the molecule is Cn1c2c(c3ccccc31)CCN1CC3CC[C@H](OC(=O)[CH-]O[N+](=O)[O-])[CH-]C3CC21.[Re].[Rf].[Rh]. The van der Waals surface area contributed by atoms with Gasteiger partial charge < -0.3 is 14.1 Å². The van der Waals surface area contributed by atoms with Gasteiger partial charge in [-0.15, -0.1) is 16.7 Å². The molecule has 1 aromatic heterocycles. The normalized spacial score (nSPS) is 25.6. The largest absolute Gasteiger partial charge is 0.516 e. The first-order valence-electron chi connectivity index (χ1n) is 10.5. The molecule has 178 valence electrons. The van der Waals surface area contributed by atoms with Crippen LogP contribution in [0.3, 0.4) is 0 Å². The molecule has 2 fully saturated rings. The number of esters is 1. The van der Waals surface area contributed by atoms with E-state index in [1.807, 2.05) is 0 Å². The minimum absolute atomic E-state index is 0. The van der Waals surface area contributed by atoms with E-state index in [0.717, 1.165) is 38.8 Å². The van der Waals surface area contributed by atoms with Crippen molar-refractivity contribution < 1.29 is 59.4 Å². The number of ether oxygens (including phenoxy) is 1. The van der Waals surface area contributed by atoms with Crippen molar-refractivity contribution >= 4 is 16.9 Å². The Morgan fingerprint density at radius 2 is 2.06 bits per heavy atom. The van der Waals surface area contributed by atoms with Crippen LogP contribution in [-0.2, 0) is 67.7 Å². The number of rotatable bonds is 4. The summed E-state index contributed by atoms with van der Waals surface area (Å²) < 4.78 is 7.72. The van der Waals surface area contributed by atoms with E-state index in [-0.39, 0.29) is 46.0 Å². The Kier molecular flexibility index (Phi) is 8.65. The number of carbonyl (C=O) groups is 1. The van der Waals surface area contributed by atoms with Gasteiger partial charge in [-0.3, -0.25) is 16.1 Å². The average molecular weight is 968 g/mol. The molecule has 3 aliphatic rings. The van der Waals surface area contributed by atoms with Crippen LogP contribution in [0.15, 0.2) is 24.3 Å². The van der Waals surface area contributed by atoms with Crippen LogP contribution in [0.4, 0.5) is 0 Å². The number of nitrogens with zero attached hydrogens (tertiary/aromatic N) is 3. The third-order valence-electron chi connectivity index (χ3n) is 7.02. The molecule has 1 saturated heterocycles. The van der Waals surface area contributed by atoms with Gasteiger partial charge >= 0.3 is 0 Å². The fourth-order valence-corrected chi connectivity index (χ4v) is 5.78. The molecule has 1 saturated carbocycles. The van der Waals surface area contributed by atoms with E-state index < -0.39 is 11.1 Å². The van der Waals surface area contributed by atoms with E-state index in [2.05, 4.69) is 52.0 Å². The maximum Gasteiger partial charge on any atom is 0.265 e. The first-order valence-corrected chi connectivity index (χ1v) is 10.5. The molecule has 1 aromatic carbocycles. The summed E-state index contributed by atoms with van der Waals surface area (Å²) in [5, 5.41) is 10.6. The van der Waals surface area contributed by atoms with Gasteiger partial charge in [0.2, 0.25) is 0 Å². The number of carbonyl (C=O) groups excluding carboxylic acids is 1. The minimum atomic E-state index is -1.03. The van der Waals surface area contributed by atoms with Crippen LogP contribution in [0, 0.1) is 35.0 Å². The summed E-state index contributed by atoms with van der Waals surface area (Å²) in [5.74, 6) is 0.113. The quantitative estimate of drug-likeness (QED) is 0.154. The molecule has 5 rings (SSSR count). The molecule has 3 unspecified atom stereocenters. The molecule has 4 atom stereocenters. The maximum absolute atomic E-state index is 11.8. The molecule has 2 aromatic rings. The van der Waals surface area contributed by atoms with Gasteiger partial charge in [-0.25, -0.2) is 0 Å². The fraction of sp³-hybridized carbons (Fsp3) is 0.500. The number of aryl methyl sites for hydroxylation is 1. The van der Waals surface area contributed by atoms with Crippen molar-refractivity contribution in [3.63, 3.8) is 0 Å². The zero-order valence-corrected chi connectivity index (χ0v) is 29.1. The molecule has 3 heterocycles. The number of hydrogen-bond donors (Lipinski definition) is 0. The molecule has 0 bridgehead atoms. The molecule has 0 N–H and O–H groups in total. The number of benzene rings is 1. The van der Waals surface area contributed by atoms with Crippen molar-refractivity contribution in [1.82, 2.24) is 9.47 Å². The smallest absolute Gasteiger partial charge is 0.265 e. The number of para-hydroxylation sites is 1. The Morgan fingerprint density at radius 3 is 2.82 bits per heavy atom. The van der Waals surface area contributed by atoms with Crippen LogP contribution >= 0.6 is 0 Å². The van der Waals surface area contributed by atoms with Crippen molar-refractivity contribution in [2.75, 3.05) is 13.1 Å². The van der Waals surface area contributed by atoms with Crippen molar-refractivity contribution in [3.8, 4) is 0 Å². The fourth-order valence-electron chi connectivity index (χ4n) is 5.78. The van der Waals surface area contributed by atoms with Gasteiger partial charge in [-0.05, 0) is 37.1 Å². The Bertz CT molecular complexity index is 1010. The van der Waals surface area contributed by atoms with Gasteiger partial charge in [0.05, 0.1) is 0 Å². The summed E-state index contributed by atoms with van der Waals surface area (Å²) in [5.41, 5.74) is 4.17. The van der Waals surface area contributed by atoms with Crippen LogP contribution in [0.25, 0.3) is 10.9 Å². The van der Waals surface area contributed by atoms with Crippen molar-refractivity contribution in [2.24, 2.45) is 18.9 Å².